The Hall–Kier alpha value is -1.85. The van der Waals surface area contributed by atoms with Gasteiger partial charge >= 0.3 is 5.63 Å². The molecular formula is C17H19ClN2O3. The smallest absolute Gasteiger partial charge is 0.349 e. The summed E-state index contributed by atoms with van der Waals surface area (Å²) in [7, 11) is 0. The Labute approximate surface area is 140 Å². The van der Waals surface area contributed by atoms with E-state index in [1.54, 1.807) is 17.0 Å². The highest BCUT2D eigenvalue weighted by Gasteiger charge is 2.42. The second-order valence-electron chi connectivity index (χ2n) is 6.39. The normalized spacial score (nSPS) is 23.4. The van der Waals surface area contributed by atoms with Crippen LogP contribution in [0.1, 0.15) is 23.2 Å². The lowest BCUT2D eigenvalue weighted by atomic mass is 9.86. The minimum atomic E-state index is -0.547. The highest BCUT2D eigenvalue weighted by molar-refractivity contribution is 5.96. The van der Waals surface area contributed by atoms with Crippen molar-refractivity contribution in [3.05, 3.63) is 46.3 Å². The van der Waals surface area contributed by atoms with Crippen LogP contribution in [0.4, 0.5) is 0 Å². The summed E-state index contributed by atoms with van der Waals surface area (Å²) in [4.78, 5) is 26.6. The van der Waals surface area contributed by atoms with E-state index in [0.717, 1.165) is 37.9 Å². The van der Waals surface area contributed by atoms with Crippen LogP contribution >= 0.6 is 12.4 Å². The first kappa shape index (κ1) is 16.0. The monoisotopic (exact) mass is 334 g/mol. The number of hydrogen-bond acceptors (Lipinski definition) is 4. The Balaban J connectivity index is 0.00000156. The molecule has 0 saturated carbocycles. The molecule has 23 heavy (non-hydrogen) atoms. The molecule has 2 saturated heterocycles. The predicted molar refractivity (Wildman–Crippen MR) is 90.2 cm³/mol. The molecule has 1 N–H and O–H groups in total. The second kappa shape index (κ2) is 5.98. The molecule has 1 atom stereocenters. The minimum Gasteiger partial charge on any atom is -0.422 e. The number of carbonyl (C=O) groups is 1. The molecule has 5 nitrogen and oxygen atoms in total. The molecule has 0 bridgehead atoms. The standard InChI is InChI=1S/C17H18N2O3.ClH/c20-15(19-8-6-17(11-19)5-7-18-10-17)13-9-12-3-1-2-4-14(12)22-16(13)21;/h1-4,9,18H,5-8,10-11H2;1H. The summed E-state index contributed by atoms with van der Waals surface area (Å²) in [6, 6.07) is 8.92. The molecular weight excluding hydrogens is 316 g/mol. The van der Waals surface area contributed by atoms with Crippen LogP contribution < -0.4 is 10.9 Å². The van der Waals surface area contributed by atoms with Crippen molar-refractivity contribution in [1.82, 2.24) is 10.2 Å². The Morgan fingerprint density at radius 3 is 2.87 bits per heavy atom. The lowest BCUT2D eigenvalue weighted by Crippen LogP contribution is -2.35. The number of benzene rings is 1. The number of nitrogens with one attached hydrogen (secondary N) is 1. The quantitative estimate of drug-likeness (QED) is 0.811. The summed E-state index contributed by atoms with van der Waals surface area (Å²) >= 11 is 0. The maximum atomic E-state index is 12.7. The highest BCUT2D eigenvalue weighted by atomic mass is 35.5. The SMILES string of the molecule is Cl.O=C(c1cc2ccccc2oc1=O)N1CCC2(CCNC2)C1. The third-order valence-electron chi connectivity index (χ3n) is 4.93. The highest BCUT2D eigenvalue weighted by Crippen LogP contribution is 2.36. The zero-order valence-corrected chi connectivity index (χ0v) is 13.5. The van der Waals surface area contributed by atoms with E-state index in [1.807, 2.05) is 18.2 Å². The molecule has 2 aliphatic rings. The van der Waals surface area contributed by atoms with Gasteiger partial charge in [0.2, 0.25) is 0 Å². The van der Waals surface area contributed by atoms with E-state index >= 15 is 0 Å². The lowest BCUT2D eigenvalue weighted by molar-refractivity contribution is 0.0771. The number of fused-ring (bicyclic) bond motifs is 1. The predicted octanol–water partition coefficient (Wildman–Crippen LogP) is 2.04. The molecule has 3 heterocycles. The average molecular weight is 335 g/mol. The molecule has 1 amide bonds. The largest absolute Gasteiger partial charge is 0.422 e. The number of halogens is 1. The zero-order valence-electron chi connectivity index (χ0n) is 12.7. The van der Waals surface area contributed by atoms with Gasteiger partial charge in [-0.3, -0.25) is 4.79 Å². The van der Waals surface area contributed by atoms with E-state index in [0.29, 0.717) is 12.1 Å². The third-order valence-corrected chi connectivity index (χ3v) is 4.93. The van der Waals surface area contributed by atoms with Crippen LogP contribution in [0.25, 0.3) is 11.0 Å². The van der Waals surface area contributed by atoms with E-state index in [-0.39, 0.29) is 29.3 Å². The van der Waals surface area contributed by atoms with E-state index in [4.69, 9.17) is 4.42 Å². The first-order chi connectivity index (χ1) is 10.7. The molecule has 1 spiro atoms. The average Bonchev–Trinajstić information content (AvgIpc) is 3.16. The Bertz CT molecular complexity index is 796. The molecule has 0 aliphatic carbocycles. The topological polar surface area (TPSA) is 62.6 Å². The van der Waals surface area contributed by atoms with Gasteiger partial charge in [-0.25, -0.2) is 4.79 Å². The summed E-state index contributed by atoms with van der Waals surface area (Å²) in [6.07, 6.45) is 2.10. The van der Waals surface area contributed by atoms with Gasteiger partial charge in [-0.05, 0) is 31.5 Å². The summed E-state index contributed by atoms with van der Waals surface area (Å²) in [6.45, 7) is 3.42. The van der Waals surface area contributed by atoms with Crippen LogP contribution in [0.2, 0.25) is 0 Å². The fourth-order valence-electron chi connectivity index (χ4n) is 3.63. The molecule has 122 valence electrons. The summed E-state index contributed by atoms with van der Waals surface area (Å²) in [5.74, 6) is -0.205. The second-order valence-corrected chi connectivity index (χ2v) is 6.39. The molecule has 2 fully saturated rings. The molecule has 2 aromatic rings. The van der Waals surface area contributed by atoms with E-state index < -0.39 is 5.63 Å². The molecule has 4 rings (SSSR count). The van der Waals surface area contributed by atoms with E-state index in [2.05, 4.69) is 5.32 Å². The first-order valence-electron chi connectivity index (χ1n) is 7.70. The van der Waals surface area contributed by atoms with Crippen molar-refractivity contribution in [2.45, 2.75) is 12.8 Å². The van der Waals surface area contributed by atoms with E-state index in [9.17, 15) is 9.59 Å². The minimum absolute atomic E-state index is 0. The van der Waals surface area contributed by atoms with Gasteiger partial charge in [-0.2, -0.15) is 0 Å². The molecule has 0 radical (unpaired) electrons. The number of carbonyl (C=O) groups excluding carboxylic acids is 1. The zero-order chi connectivity index (χ0) is 15.2. The van der Waals surface area contributed by atoms with Gasteiger partial charge in [-0.1, -0.05) is 18.2 Å². The summed E-state index contributed by atoms with van der Waals surface area (Å²) in [5.41, 5.74) is 0.310. The Morgan fingerprint density at radius 1 is 1.26 bits per heavy atom. The number of likely N-dealkylation sites (tertiary alicyclic amines) is 1. The van der Waals surface area contributed by atoms with Crippen molar-refractivity contribution < 1.29 is 9.21 Å². The summed E-state index contributed by atoms with van der Waals surface area (Å²) in [5, 5.41) is 4.15. The fourth-order valence-corrected chi connectivity index (χ4v) is 3.63. The number of para-hydroxylation sites is 1. The Morgan fingerprint density at radius 2 is 2.09 bits per heavy atom. The molecule has 1 unspecified atom stereocenters. The Kier molecular flexibility index (Phi) is 4.17. The van der Waals surface area contributed by atoms with Crippen molar-refractivity contribution in [2.75, 3.05) is 26.2 Å². The fraction of sp³-hybridized carbons (Fsp3) is 0.412. The number of hydrogen-bond donors (Lipinski definition) is 1. The van der Waals surface area contributed by atoms with Crippen molar-refractivity contribution in [3.8, 4) is 0 Å². The molecule has 1 aromatic carbocycles. The van der Waals surface area contributed by atoms with Crippen LogP contribution in [0, 0.1) is 5.41 Å². The van der Waals surface area contributed by atoms with Crippen molar-refractivity contribution in [3.63, 3.8) is 0 Å². The molecule has 6 heteroatoms. The van der Waals surface area contributed by atoms with Gasteiger partial charge in [0.1, 0.15) is 11.1 Å². The van der Waals surface area contributed by atoms with Crippen molar-refractivity contribution >= 4 is 29.3 Å². The van der Waals surface area contributed by atoms with E-state index in [1.165, 1.54) is 0 Å². The van der Waals surface area contributed by atoms with Crippen molar-refractivity contribution in [1.29, 1.82) is 0 Å². The van der Waals surface area contributed by atoms with Gasteiger partial charge in [0.15, 0.2) is 0 Å². The summed E-state index contributed by atoms with van der Waals surface area (Å²) < 4.78 is 5.28. The van der Waals surface area contributed by atoms with Gasteiger partial charge < -0.3 is 14.6 Å². The van der Waals surface area contributed by atoms with Crippen LogP contribution in [0.3, 0.4) is 0 Å². The third kappa shape index (κ3) is 2.75. The number of amides is 1. The first-order valence-corrected chi connectivity index (χ1v) is 7.70. The molecule has 2 aliphatic heterocycles. The maximum absolute atomic E-state index is 12.7. The number of nitrogens with zero attached hydrogens (tertiary/aromatic N) is 1. The van der Waals surface area contributed by atoms with Gasteiger partial charge in [0, 0.05) is 30.4 Å². The van der Waals surface area contributed by atoms with Gasteiger partial charge in [-0.15, -0.1) is 12.4 Å². The van der Waals surface area contributed by atoms with Crippen molar-refractivity contribution in [2.24, 2.45) is 5.41 Å². The van der Waals surface area contributed by atoms with Crippen LogP contribution in [0.15, 0.2) is 39.5 Å². The van der Waals surface area contributed by atoms with Crippen LogP contribution in [0.5, 0.6) is 0 Å². The molecule has 1 aromatic heterocycles. The number of rotatable bonds is 1. The van der Waals surface area contributed by atoms with Crippen LogP contribution in [-0.2, 0) is 0 Å². The van der Waals surface area contributed by atoms with Crippen LogP contribution in [-0.4, -0.2) is 37.0 Å². The lowest BCUT2D eigenvalue weighted by Gasteiger charge is -2.22. The maximum Gasteiger partial charge on any atom is 0.349 e. The van der Waals surface area contributed by atoms with Gasteiger partial charge in [0.25, 0.3) is 5.91 Å². The van der Waals surface area contributed by atoms with Gasteiger partial charge in [0.05, 0.1) is 0 Å².